The Morgan fingerprint density at radius 2 is 1.51 bits per heavy atom. The van der Waals surface area contributed by atoms with Gasteiger partial charge in [0.05, 0.1) is 57.4 Å². The number of halogens is 1. The number of aromatic nitrogens is 7. The third kappa shape index (κ3) is 18.0. The fourth-order valence-corrected chi connectivity index (χ4v) is 20.8. The molecule has 2 aromatic carbocycles. The average molecular weight is 1500 g/mol. The maximum Gasteiger partial charge on any atom is 0.355 e. The molecule has 2 aliphatic heterocycles. The molecule has 1 saturated heterocycles. The summed E-state index contributed by atoms with van der Waals surface area (Å²) in [6.07, 6.45) is 26.7. The SMILES string of the molecule is Cc1ncsc1-c1ccc(CNC(=O)[C@@H]2C[C@@H](O)CN2C(=O)[C@@H](NC(=O)C2(F)CC2)C(C)(C)C)c(OCCCCCCCCCCCCCCCCN(C)CCOC23CC4(C)CC(C)(CC(Cn5ncc(-c6ccc(N7CCCc8c7nnc(Nc7nc9ccccc9s7)c8C)nc6C(=O)O)c5C)(C4)C2)C3)c1. The van der Waals surface area contributed by atoms with Gasteiger partial charge in [-0.05, 0) is 169 Å². The molecule has 5 saturated carbocycles. The Balaban J connectivity index is 0.500. The maximum atomic E-state index is 14.7. The van der Waals surface area contributed by atoms with E-state index in [1.54, 1.807) is 43.4 Å². The van der Waals surface area contributed by atoms with Crippen LogP contribution in [0.2, 0.25) is 0 Å². The number of pyridine rings is 1. The zero-order chi connectivity index (χ0) is 75.5. The van der Waals surface area contributed by atoms with Crippen LogP contribution < -0.4 is 25.6 Å². The maximum absolute atomic E-state index is 14.7. The van der Waals surface area contributed by atoms with Crippen molar-refractivity contribution in [3.8, 4) is 27.3 Å². The molecule has 0 radical (unpaired) electrons. The predicted octanol–water partition coefficient (Wildman–Crippen LogP) is 16.1. The van der Waals surface area contributed by atoms with Crippen LogP contribution in [0, 0.1) is 42.4 Å². The van der Waals surface area contributed by atoms with Crippen LogP contribution in [0.5, 0.6) is 5.75 Å². The number of rotatable bonds is 36. The number of thiazole rings is 2. The first-order valence-electron chi connectivity index (χ1n) is 39.5. The first kappa shape index (κ1) is 77.6. The summed E-state index contributed by atoms with van der Waals surface area (Å²) in [6.45, 7) is 21.2. The van der Waals surface area contributed by atoms with Crippen molar-refractivity contribution in [1.82, 2.24) is 55.4 Å². The first-order chi connectivity index (χ1) is 51.2. The highest BCUT2D eigenvalue weighted by Gasteiger charge is 2.66. The van der Waals surface area contributed by atoms with E-state index in [4.69, 9.17) is 29.6 Å². The number of aliphatic hydroxyl groups is 1. The number of aromatic carboxylic acids is 1. The fourth-order valence-electron chi connectivity index (χ4n) is 19.2. The van der Waals surface area contributed by atoms with Crippen LogP contribution in [0.1, 0.15) is 227 Å². The lowest BCUT2D eigenvalue weighted by molar-refractivity contribution is -0.248. The van der Waals surface area contributed by atoms with Gasteiger partial charge in [-0.15, -0.1) is 21.5 Å². The van der Waals surface area contributed by atoms with Crippen LogP contribution in [0.4, 0.5) is 27.0 Å². The number of nitrogens with zero attached hydrogens (tertiary/aromatic N) is 10. The number of alkyl halides is 1. The number of hydrogen-bond donors (Lipinski definition) is 5. The largest absolute Gasteiger partial charge is 0.493 e. The van der Waals surface area contributed by atoms with Gasteiger partial charge in [-0.25, -0.2) is 24.1 Å². The third-order valence-electron chi connectivity index (χ3n) is 23.7. The second-order valence-electron chi connectivity index (χ2n) is 34.3. The van der Waals surface area contributed by atoms with Gasteiger partial charge >= 0.3 is 5.97 Å². The number of likely N-dealkylation sites (N-methyl/N-ethyl adjacent to an activating group) is 1. The molecule has 7 aliphatic rings. The van der Waals surface area contributed by atoms with E-state index >= 15 is 0 Å². The molecule has 14 rings (SSSR count). The van der Waals surface area contributed by atoms with Gasteiger partial charge in [0.15, 0.2) is 28.1 Å². The highest BCUT2D eigenvalue weighted by molar-refractivity contribution is 7.22. The van der Waals surface area contributed by atoms with Gasteiger partial charge in [0.25, 0.3) is 5.91 Å². The molecule has 6 fully saturated rings. The smallest absolute Gasteiger partial charge is 0.355 e. The number of fused-ring (bicyclic) bond motifs is 2. The summed E-state index contributed by atoms with van der Waals surface area (Å²) >= 11 is 3.14. The van der Waals surface area contributed by atoms with Gasteiger partial charge in [0, 0.05) is 72.7 Å². The van der Waals surface area contributed by atoms with Crippen molar-refractivity contribution in [3.63, 3.8) is 0 Å². The van der Waals surface area contributed by atoms with Crippen LogP contribution in [-0.2, 0) is 38.6 Å². The summed E-state index contributed by atoms with van der Waals surface area (Å²) in [5, 5.41) is 45.7. The lowest BCUT2D eigenvalue weighted by Gasteiger charge is -2.69. The van der Waals surface area contributed by atoms with E-state index in [9.17, 15) is 33.8 Å². The molecule has 5 aromatic heterocycles. The number of unbranched alkanes of at least 4 members (excludes halogenated alkanes) is 13. The van der Waals surface area contributed by atoms with E-state index in [1.807, 2.05) is 72.1 Å². The van der Waals surface area contributed by atoms with E-state index in [1.165, 1.54) is 81.9 Å². The van der Waals surface area contributed by atoms with Gasteiger partial charge in [0.2, 0.25) is 11.8 Å². The Bertz CT molecular complexity index is 4280. The molecule has 107 heavy (non-hydrogen) atoms. The number of nitrogens with one attached hydrogen (secondary N) is 3. The number of carbonyl (C=O) groups is 4. The summed E-state index contributed by atoms with van der Waals surface area (Å²) in [4.78, 5) is 74.8. The fraction of sp³-hybridized carbons (Fsp3) is 0.614. The van der Waals surface area contributed by atoms with Crippen LogP contribution in [0.25, 0.3) is 31.8 Å². The molecule has 5 N–H and O–H groups in total. The average Bonchev–Trinajstić information content (AvgIpc) is 1.20. The van der Waals surface area contributed by atoms with Gasteiger partial charge in [-0.1, -0.05) is 147 Å². The number of aryl methyl sites for hydroxylation is 1. The molecule has 5 aliphatic carbocycles. The lowest BCUT2D eigenvalue weighted by atomic mass is 9.39. The Labute approximate surface area is 638 Å². The van der Waals surface area contributed by atoms with Crippen LogP contribution in [0.3, 0.4) is 0 Å². The number of benzene rings is 2. The molecule has 5 atom stereocenters. The summed E-state index contributed by atoms with van der Waals surface area (Å²) in [6, 6.07) is 15.8. The predicted molar refractivity (Wildman–Crippen MR) is 420 cm³/mol. The topological polar surface area (TPSA) is 255 Å². The molecule has 0 spiro atoms. The van der Waals surface area contributed by atoms with Crippen LogP contribution >= 0.6 is 22.7 Å². The molecule has 4 bridgehead atoms. The first-order valence-corrected chi connectivity index (χ1v) is 41.2. The van der Waals surface area contributed by atoms with Crippen molar-refractivity contribution < 1.29 is 43.3 Å². The Hall–Kier alpha value is -7.51. The quantitative estimate of drug-likeness (QED) is 0.0229. The summed E-state index contributed by atoms with van der Waals surface area (Å²) < 4.78 is 31.6. The normalized spacial score (nSPS) is 23.1. The molecule has 24 heteroatoms. The van der Waals surface area contributed by atoms with Crippen molar-refractivity contribution in [2.75, 3.05) is 56.7 Å². The monoisotopic (exact) mass is 1500 g/mol. The van der Waals surface area contributed by atoms with E-state index in [2.05, 4.69) is 76.4 Å². The van der Waals surface area contributed by atoms with Gasteiger partial charge in [-0.2, -0.15) is 5.10 Å². The second kappa shape index (κ2) is 32.6. The van der Waals surface area contributed by atoms with E-state index in [0.717, 1.165) is 150 Å². The number of anilines is 4. The number of likely N-dealkylation sites (tertiary alicyclic amines) is 1. The highest BCUT2D eigenvalue weighted by atomic mass is 32.1. The number of β-amino-alcohol motifs (C(OH)–C–C–N with tert-alkyl or cyclic N) is 1. The number of carbonyl (C=O) groups excluding carboxylic acids is 3. The lowest BCUT2D eigenvalue weighted by Crippen LogP contribution is -2.64. The van der Waals surface area contributed by atoms with Crippen LogP contribution in [0.15, 0.2) is 66.3 Å². The summed E-state index contributed by atoms with van der Waals surface area (Å²) in [5.74, 6) is -0.268. The molecule has 21 nitrogen and oxygen atoms in total. The third-order valence-corrected chi connectivity index (χ3v) is 25.7. The molecule has 576 valence electrons. The minimum Gasteiger partial charge on any atom is -0.493 e. The van der Waals surface area contributed by atoms with Gasteiger partial charge in [0.1, 0.15) is 23.7 Å². The van der Waals surface area contributed by atoms with E-state index in [-0.39, 0.29) is 59.9 Å². The standard InChI is InChI=1S/C83H112FN13O8S2/c1-54-60-27-26-37-95(72(60)93-92-71(54)91-77-88-63-28-22-23-29-66(63)107-77)67-33-32-61(68(89-67)75(101)102)62-44-87-97(56(62)3)52-81-47-79(7)46-80(8,48-81)50-82(49-79,51-81)105-40-38-94(9)36-24-20-18-16-14-12-10-11-13-15-17-19-21-25-39-104-65-41-57(69-55(2)86-53-106-69)30-31-58(65)43-85-73(99)64-42-59(98)45-96(64)74(100)70(78(4,5)6)90-76(103)83(84)34-35-83/h22-23,28-33,41,44,53,59,64,70,98H,10-21,24-27,34-40,42-43,45-52H2,1-9H3,(H,85,99)(H,90,103)(H,101,102)(H,88,91,92)/t59-,64+,70-,79?,80?,81?,82?/m1/s1. The van der Waals surface area contributed by atoms with E-state index < -0.39 is 53.0 Å². The highest BCUT2D eigenvalue weighted by Crippen LogP contribution is 2.72. The number of hydrogen-bond acceptors (Lipinski definition) is 18. The molecule has 7 heterocycles. The van der Waals surface area contributed by atoms with Gasteiger partial charge < -0.3 is 50.3 Å². The minimum absolute atomic E-state index is 0.00500. The molecule has 2 unspecified atom stereocenters. The Morgan fingerprint density at radius 1 is 0.813 bits per heavy atom. The molecular weight excluding hydrogens is 1390 g/mol. The van der Waals surface area contributed by atoms with Gasteiger partial charge in [-0.3, -0.25) is 19.1 Å². The van der Waals surface area contributed by atoms with Crippen molar-refractivity contribution in [3.05, 3.63) is 100 Å². The zero-order valence-corrected chi connectivity index (χ0v) is 66.1. The molecular formula is C83H112FN13O8S2. The Kier molecular flexibility index (Phi) is 23.6. The van der Waals surface area contributed by atoms with Crippen molar-refractivity contribution in [1.29, 1.82) is 0 Å². The van der Waals surface area contributed by atoms with Crippen molar-refractivity contribution >= 4 is 79.2 Å². The van der Waals surface area contributed by atoms with Crippen molar-refractivity contribution in [2.24, 2.45) is 21.7 Å². The van der Waals surface area contributed by atoms with Crippen LogP contribution in [-0.4, -0.2) is 155 Å². The number of para-hydroxylation sites is 1. The number of amides is 3. The minimum atomic E-state index is -1.96. The van der Waals surface area contributed by atoms with E-state index in [0.29, 0.717) is 41.9 Å². The second-order valence-corrected chi connectivity index (χ2v) is 36.2. The zero-order valence-electron chi connectivity index (χ0n) is 64.4. The number of aliphatic hydroxyl groups excluding tert-OH is 1. The molecule has 7 aromatic rings. The number of ether oxygens (including phenoxy) is 2. The Morgan fingerprint density at radius 3 is 2.19 bits per heavy atom. The molecule has 3 amide bonds. The number of carboxylic acids is 1. The van der Waals surface area contributed by atoms with Crippen molar-refractivity contribution in [2.45, 2.75) is 258 Å². The summed E-state index contributed by atoms with van der Waals surface area (Å²) in [5.41, 5.74) is 7.30. The number of carboxylic acid groups (broad SMARTS) is 1. The summed E-state index contributed by atoms with van der Waals surface area (Å²) in [7, 11) is 2.25.